The molecule has 0 aliphatic heterocycles. The standard InChI is InChI=1S/C11H15NO2/c1-11(2,3)12-9-6-4-8(5-7-9)10(13)14/h4-7,12H,1-3H3,(H,13,14)/p-1. The lowest BCUT2D eigenvalue weighted by Crippen LogP contribution is -2.26. The summed E-state index contributed by atoms with van der Waals surface area (Å²) in [5.74, 6) is -1.15. The van der Waals surface area contributed by atoms with Crippen LogP contribution in [-0.2, 0) is 0 Å². The Kier molecular flexibility index (Phi) is 2.79. The van der Waals surface area contributed by atoms with Gasteiger partial charge in [0.2, 0.25) is 0 Å². The van der Waals surface area contributed by atoms with Gasteiger partial charge >= 0.3 is 0 Å². The van der Waals surface area contributed by atoms with E-state index in [-0.39, 0.29) is 11.1 Å². The molecule has 0 heterocycles. The average Bonchev–Trinajstić information content (AvgIpc) is 2.02. The predicted octanol–water partition coefficient (Wildman–Crippen LogP) is 1.26. The minimum atomic E-state index is -1.15. The number of rotatable bonds is 2. The molecule has 0 fully saturated rings. The Balaban J connectivity index is 2.79. The molecule has 0 aliphatic carbocycles. The van der Waals surface area contributed by atoms with Gasteiger partial charge in [-0.1, -0.05) is 12.1 Å². The van der Waals surface area contributed by atoms with E-state index < -0.39 is 5.97 Å². The summed E-state index contributed by atoms with van der Waals surface area (Å²) in [6, 6.07) is 6.53. The first-order valence-corrected chi connectivity index (χ1v) is 4.48. The van der Waals surface area contributed by atoms with Crippen molar-refractivity contribution in [3.8, 4) is 0 Å². The summed E-state index contributed by atoms with van der Waals surface area (Å²) in [6.45, 7) is 6.12. The van der Waals surface area contributed by atoms with Crippen molar-refractivity contribution in [2.75, 3.05) is 5.32 Å². The summed E-state index contributed by atoms with van der Waals surface area (Å²) < 4.78 is 0. The molecule has 1 aromatic carbocycles. The Hall–Kier alpha value is -1.51. The third-order valence-electron chi connectivity index (χ3n) is 1.64. The second kappa shape index (κ2) is 3.70. The number of carboxylic acid groups (broad SMARTS) is 1. The molecule has 3 nitrogen and oxygen atoms in total. The second-order valence-electron chi connectivity index (χ2n) is 4.24. The van der Waals surface area contributed by atoms with E-state index in [0.717, 1.165) is 5.69 Å². The van der Waals surface area contributed by atoms with Gasteiger partial charge in [0.15, 0.2) is 0 Å². The van der Waals surface area contributed by atoms with Crippen LogP contribution in [0.4, 0.5) is 5.69 Å². The molecular formula is C11H14NO2-. The smallest absolute Gasteiger partial charge is 0.0715 e. The molecule has 0 aromatic heterocycles. The Labute approximate surface area is 83.8 Å². The van der Waals surface area contributed by atoms with Gasteiger partial charge in [0, 0.05) is 11.2 Å². The third-order valence-corrected chi connectivity index (χ3v) is 1.64. The van der Waals surface area contributed by atoms with E-state index in [1.807, 2.05) is 20.8 Å². The van der Waals surface area contributed by atoms with E-state index in [2.05, 4.69) is 5.32 Å². The van der Waals surface area contributed by atoms with Crippen molar-refractivity contribution in [3.63, 3.8) is 0 Å². The van der Waals surface area contributed by atoms with Crippen LogP contribution in [0.25, 0.3) is 0 Å². The second-order valence-corrected chi connectivity index (χ2v) is 4.24. The van der Waals surface area contributed by atoms with E-state index in [0.29, 0.717) is 0 Å². The van der Waals surface area contributed by atoms with Gasteiger partial charge in [-0.05, 0) is 38.5 Å². The highest BCUT2D eigenvalue weighted by molar-refractivity contribution is 5.86. The first-order valence-electron chi connectivity index (χ1n) is 4.48. The summed E-state index contributed by atoms with van der Waals surface area (Å²) >= 11 is 0. The minimum absolute atomic E-state index is 0.0248. The Morgan fingerprint density at radius 1 is 1.21 bits per heavy atom. The molecule has 14 heavy (non-hydrogen) atoms. The first-order chi connectivity index (χ1) is 6.38. The largest absolute Gasteiger partial charge is 0.545 e. The number of aromatic carboxylic acids is 1. The fourth-order valence-corrected chi connectivity index (χ4v) is 1.12. The average molecular weight is 192 g/mol. The van der Waals surface area contributed by atoms with Crippen molar-refractivity contribution in [2.24, 2.45) is 0 Å². The van der Waals surface area contributed by atoms with Crippen LogP contribution >= 0.6 is 0 Å². The summed E-state index contributed by atoms with van der Waals surface area (Å²) in [5.41, 5.74) is 1.08. The summed E-state index contributed by atoms with van der Waals surface area (Å²) in [4.78, 5) is 10.5. The highest BCUT2D eigenvalue weighted by atomic mass is 16.4. The van der Waals surface area contributed by atoms with Crippen LogP contribution in [0.5, 0.6) is 0 Å². The highest BCUT2D eigenvalue weighted by Gasteiger charge is 2.08. The van der Waals surface area contributed by atoms with Crippen LogP contribution < -0.4 is 10.4 Å². The van der Waals surface area contributed by atoms with Crippen LogP contribution in [0.15, 0.2) is 24.3 Å². The molecule has 76 valence electrons. The molecule has 0 radical (unpaired) electrons. The number of hydrogen-bond acceptors (Lipinski definition) is 3. The van der Waals surface area contributed by atoms with Crippen LogP contribution in [0, 0.1) is 0 Å². The van der Waals surface area contributed by atoms with Crippen molar-refractivity contribution >= 4 is 11.7 Å². The van der Waals surface area contributed by atoms with Gasteiger partial charge in [0.05, 0.1) is 5.97 Å². The highest BCUT2D eigenvalue weighted by Crippen LogP contribution is 2.14. The quantitative estimate of drug-likeness (QED) is 0.767. The zero-order valence-electron chi connectivity index (χ0n) is 8.63. The first kappa shape index (κ1) is 10.6. The Bertz CT molecular complexity index is 322. The van der Waals surface area contributed by atoms with E-state index in [4.69, 9.17) is 0 Å². The van der Waals surface area contributed by atoms with Gasteiger partial charge in [-0.2, -0.15) is 0 Å². The van der Waals surface area contributed by atoms with Crippen molar-refractivity contribution in [1.82, 2.24) is 0 Å². The molecule has 1 aromatic rings. The van der Waals surface area contributed by atoms with Gasteiger partial charge in [0.25, 0.3) is 0 Å². The summed E-state index contributed by atoms with van der Waals surface area (Å²) in [5, 5.41) is 13.7. The lowest BCUT2D eigenvalue weighted by molar-refractivity contribution is -0.255. The predicted molar refractivity (Wildman–Crippen MR) is 54.1 cm³/mol. The van der Waals surface area contributed by atoms with Gasteiger partial charge in [-0.15, -0.1) is 0 Å². The number of nitrogens with one attached hydrogen (secondary N) is 1. The SMILES string of the molecule is CC(C)(C)Nc1ccc(C(=O)[O-])cc1. The monoisotopic (exact) mass is 192 g/mol. The lowest BCUT2D eigenvalue weighted by Gasteiger charge is -2.22. The number of anilines is 1. The molecule has 0 saturated carbocycles. The number of carbonyl (C=O) groups excluding carboxylic acids is 1. The Morgan fingerprint density at radius 3 is 2.07 bits per heavy atom. The van der Waals surface area contributed by atoms with Crippen molar-refractivity contribution < 1.29 is 9.90 Å². The number of benzene rings is 1. The van der Waals surface area contributed by atoms with E-state index in [1.54, 1.807) is 12.1 Å². The van der Waals surface area contributed by atoms with Crippen LogP contribution in [0.2, 0.25) is 0 Å². The summed E-state index contributed by atoms with van der Waals surface area (Å²) in [6.07, 6.45) is 0. The van der Waals surface area contributed by atoms with Gasteiger partial charge in [-0.3, -0.25) is 0 Å². The normalized spacial score (nSPS) is 11.1. The molecule has 1 N–H and O–H groups in total. The van der Waals surface area contributed by atoms with Crippen molar-refractivity contribution in [1.29, 1.82) is 0 Å². The van der Waals surface area contributed by atoms with Crippen LogP contribution in [-0.4, -0.2) is 11.5 Å². The van der Waals surface area contributed by atoms with Crippen molar-refractivity contribution in [3.05, 3.63) is 29.8 Å². The molecular weight excluding hydrogens is 178 g/mol. The van der Waals surface area contributed by atoms with Gasteiger partial charge in [0.1, 0.15) is 0 Å². The lowest BCUT2D eigenvalue weighted by atomic mass is 10.1. The zero-order valence-corrected chi connectivity index (χ0v) is 8.63. The number of hydrogen-bond donors (Lipinski definition) is 1. The maximum absolute atomic E-state index is 10.5. The minimum Gasteiger partial charge on any atom is -0.545 e. The van der Waals surface area contributed by atoms with Crippen LogP contribution in [0.3, 0.4) is 0 Å². The van der Waals surface area contributed by atoms with Gasteiger partial charge < -0.3 is 15.2 Å². The number of carbonyl (C=O) groups is 1. The van der Waals surface area contributed by atoms with Gasteiger partial charge in [-0.25, -0.2) is 0 Å². The molecule has 0 bridgehead atoms. The van der Waals surface area contributed by atoms with E-state index in [1.165, 1.54) is 12.1 Å². The maximum atomic E-state index is 10.5. The molecule has 0 unspecified atom stereocenters. The van der Waals surface area contributed by atoms with E-state index in [9.17, 15) is 9.90 Å². The fourth-order valence-electron chi connectivity index (χ4n) is 1.12. The molecule has 0 atom stereocenters. The molecule has 0 saturated heterocycles. The Morgan fingerprint density at radius 2 is 1.71 bits per heavy atom. The summed E-state index contributed by atoms with van der Waals surface area (Å²) in [7, 11) is 0. The van der Waals surface area contributed by atoms with E-state index >= 15 is 0 Å². The molecule has 3 heteroatoms. The molecule has 0 spiro atoms. The zero-order chi connectivity index (χ0) is 10.8. The van der Waals surface area contributed by atoms with Crippen LogP contribution in [0.1, 0.15) is 31.1 Å². The molecule has 0 aliphatic rings. The molecule has 0 amide bonds. The topological polar surface area (TPSA) is 52.2 Å². The fraction of sp³-hybridized carbons (Fsp3) is 0.364. The molecule has 1 rings (SSSR count). The number of carboxylic acids is 1. The van der Waals surface area contributed by atoms with Crippen molar-refractivity contribution in [2.45, 2.75) is 26.3 Å². The maximum Gasteiger partial charge on any atom is 0.0715 e. The third kappa shape index (κ3) is 3.09.